The molecule has 0 saturated heterocycles. The van der Waals surface area contributed by atoms with Gasteiger partial charge in [0.2, 0.25) is 0 Å². The first-order chi connectivity index (χ1) is 8.97. The first-order valence-corrected chi connectivity index (χ1v) is 5.32. The molecule has 0 radical (unpaired) electrons. The summed E-state index contributed by atoms with van der Waals surface area (Å²) >= 11 is 0. The number of benzene rings is 2. The van der Waals surface area contributed by atoms with Gasteiger partial charge in [-0.25, -0.2) is 8.78 Å². The van der Waals surface area contributed by atoms with E-state index in [9.17, 15) is 18.7 Å². The van der Waals surface area contributed by atoms with Crippen LogP contribution in [0.3, 0.4) is 0 Å². The Bertz CT molecular complexity index is 645. The van der Waals surface area contributed by atoms with Crippen LogP contribution < -0.4 is 11.1 Å². The molecule has 6 heteroatoms. The van der Waals surface area contributed by atoms with Crippen LogP contribution in [0.2, 0.25) is 0 Å². The molecule has 0 unspecified atom stereocenters. The number of amides is 1. The summed E-state index contributed by atoms with van der Waals surface area (Å²) in [4.78, 5) is 11.8. The molecule has 4 N–H and O–H groups in total. The number of hydrogen-bond donors (Lipinski definition) is 3. The van der Waals surface area contributed by atoms with E-state index in [1.807, 2.05) is 0 Å². The zero-order chi connectivity index (χ0) is 14.0. The van der Waals surface area contributed by atoms with E-state index in [1.165, 1.54) is 24.3 Å². The monoisotopic (exact) mass is 264 g/mol. The summed E-state index contributed by atoms with van der Waals surface area (Å²) in [5, 5.41) is 11.7. The van der Waals surface area contributed by atoms with Crippen molar-refractivity contribution in [2.24, 2.45) is 0 Å². The van der Waals surface area contributed by atoms with Crippen LogP contribution >= 0.6 is 0 Å². The average molecular weight is 264 g/mol. The molecule has 98 valence electrons. The zero-order valence-corrected chi connectivity index (χ0v) is 9.65. The standard InChI is InChI=1S/C13H10F2N2O2/c14-10-5-9(12(16)6-11(10)15)13(19)17-7-2-1-3-8(18)4-7/h1-6,18H,16H2,(H,17,19). The number of rotatable bonds is 2. The Morgan fingerprint density at radius 1 is 1.16 bits per heavy atom. The molecular formula is C13H10F2N2O2. The second kappa shape index (κ2) is 4.93. The smallest absolute Gasteiger partial charge is 0.257 e. The number of hydrogen-bond acceptors (Lipinski definition) is 3. The molecule has 2 rings (SSSR count). The summed E-state index contributed by atoms with van der Waals surface area (Å²) < 4.78 is 26.0. The second-order valence-electron chi connectivity index (χ2n) is 3.86. The van der Waals surface area contributed by atoms with Crippen molar-refractivity contribution < 1.29 is 18.7 Å². The molecule has 0 aliphatic rings. The SMILES string of the molecule is Nc1cc(F)c(F)cc1C(=O)Nc1cccc(O)c1. The normalized spacial score (nSPS) is 10.2. The van der Waals surface area contributed by atoms with E-state index in [2.05, 4.69) is 5.32 Å². The van der Waals surface area contributed by atoms with Gasteiger partial charge in [0.25, 0.3) is 5.91 Å². The number of nitrogens with two attached hydrogens (primary N) is 1. The highest BCUT2D eigenvalue weighted by Crippen LogP contribution is 2.20. The summed E-state index contributed by atoms with van der Waals surface area (Å²) in [6.45, 7) is 0. The number of anilines is 2. The molecule has 0 bridgehead atoms. The maximum Gasteiger partial charge on any atom is 0.257 e. The van der Waals surface area contributed by atoms with Gasteiger partial charge in [-0.2, -0.15) is 0 Å². The predicted octanol–water partition coefficient (Wildman–Crippen LogP) is 2.50. The van der Waals surface area contributed by atoms with Crippen molar-refractivity contribution in [2.45, 2.75) is 0 Å². The van der Waals surface area contributed by atoms with Gasteiger partial charge in [0, 0.05) is 23.5 Å². The predicted molar refractivity (Wildman–Crippen MR) is 66.8 cm³/mol. The Labute approximate surface area is 107 Å². The molecule has 19 heavy (non-hydrogen) atoms. The van der Waals surface area contributed by atoms with Crippen molar-refractivity contribution in [3.8, 4) is 5.75 Å². The molecule has 2 aromatic rings. The van der Waals surface area contributed by atoms with Gasteiger partial charge in [0.15, 0.2) is 11.6 Å². The van der Waals surface area contributed by atoms with Crippen LogP contribution in [0.4, 0.5) is 20.2 Å². The quantitative estimate of drug-likeness (QED) is 0.729. The minimum Gasteiger partial charge on any atom is -0.508 e. The third-order valence-corrected chi connectivity index (χ3v) is 2.44. The Morgan fingerprint density at radius 2 is 1.84 bits per heavy atom. The molecule has 4 nitrogen and oxygen atoms in total. The van der Waals surface area contributed by atoms with Gasteiger partial charge in [-0.15, -0.1) is 0 Å². The number of carbonyl (C=O) groups is 1. The minimum atomic E-state index is -1.16. The van der Waals surface area contributed by atoms with E-state index in [0.717, 1.165) is 12.1 Å². The summed E-state index contributed by atoms with van der Waals surface area (Å²) in [5.41, 5.74) is 5.42. The third-order valence-electron chi connectivity index (χ3n) is 2.44. The lowest BCUT2D eigenvalue weighted by Gasteiger charge is -2.08. The first-order valence-electron chi connectivity index (χ1n) is 5.32. The summed E-state index contributed by atoms with van der Waals surface area (Å²) in [6.07, 6.45) is 0. The van der Waals surface area contributed by atoms with Crippen LogP contribution in [-0.4, -0.2) is 11.0 Å². The van der Waals surface area contributed by atoms with Crippen LogP contribution in [-0.2, 0) is 0 Å². The van der Waals surface area contributed by atoms with Gasteiger partial charge in [-0.05, 0) is 18.2 Å². The van der Waals surface area contributed by atoms with E-state index >= 15 is 0 Å². The maximum atomic E-state index is 13.1. The number of phenols is 1. The van der Waals surface area contributed by atoms with Crippen molar-refractivity contribution in [1.29, 1.82) is 0 Å². The van der Waals surface area contributed by atoms with Crippen molar-refractivity contribution >= 4 is 17.3 Å². The molecule has 0 atom stereocenters. The molecule has 0 aromatic heterocycles. The topological polar surface area (TPSA) is 75.4 Å². The van der Waals surface area contributed by atoms with Crippen LogP contribution in [0, 0.1) is 11.6 Å². The highest BCUT2D eigenvalue weighted by atomic mass is 19.2. The van der Waals surface area contributed by atoms with Crippen LogP contribution in [0.15, 0.2) is 36.4 Å². The Balaban J connectivity index is 2.28. The number of phenolic OH excluding ortho intramolecular Hbond substituents is 1. The fourth-order valence-corrected chi connectivity index (χ4v) is 1.54. The van der Waals surface area contributed by atoms with Gasteiger partial charge in [-0.1, -0.05) is 6.07 Å². The summed E-state index contributed by atoms with van der Waals surface area (Å²) in [5.74, 6) is -3.00. The third kappa shape index (κ3) is 2.79. The molecule has 0 aliphatic heterocycles. The number of carbonyl (C=O) groups excluding carboxylic acids is 1. The maximum absolute atomic E-state index is 13.1. The molecular weight excluding hydrogens is 254 g/mol. The Kier molecular flexibility index (Phi) is 3.33. The van der Waals surface area contributed by atoms with Crippen LogP contribution in [0.5, 0.6) is 5.75 Å². The van der Waals surface area contributed by atoms with E-state index < -0.39 is 17.5 Å². The van der Waals surface area contributed by atoms with Crippen LogP contribution in [0.25, 0.3) is 0 Å². The largest absolute Gasteiger partial charge is 0.508 e. The molecule has 0 spiro atoms. The minimum absolute atomic E-state index is 0.0314. The highest BCUT2D eigenvalue weighted by Gasteiger charge is 2.14. The van der Waals surface area contributed by atoms with Gasteiger partial charge < -0.3 is 16.2 Å². The van der Waals surface area contributed by atoms with E-state index in [4.69, 9.17) is 5.73 Å². The first kappa shape index (κ1) is 12.8. The molecule has 0 saturated carbocycles. The fourth-order valence-electron chi connectivity index (χ4n) is 1.54. The van der Waals surface area contributed by atoms with Crippen LogP contribution in [0.1, 0.15) is 10.4 Å². The Morgan fingerprint density at radius 3 is 2.53 bits per heavy atom. The lowest BCUT2D eigenvalue weighted by molar-refractivity contribution is 0.102. The number of nitrogens with one attached hydrogen (secondary N) is 1. The van der Waals surface area contributed by atoms with Gasteiger partial charge >= 0.3 is 0 Å². The summed E-state index contributed by atoms with van der Waals surface area (Å²) in [7, 11) is 0. The number of aromatic hydroxyl groups is 1. The number of nitrogen functional groups attached to an aromatic ring is 1. The van der Waals surface area contributed by atoms with Crippen molar-refractivity contribution in [1.82, 2.24) is 0 Å². The van der Waals surface area contributed by atoms with Gasteiger partial charge in [0.05, 0.1) is 5.56 Å². The Hall–Kier alpha value is -2.63. The zero-order valence-electron chi connectivity index (χ0n) is 9.65. The van der Waals surface area contributed by atoms with E-state index in [1.54, 1.807) is 0 Å². The second-order valence-corrected chi connectivity index (χ2v) is 3.86. The molecule has 0 aliphatic carbocycles. The lowest BCUT2D eigenvalue weighted by atomic mass is 10.1. The van der Waals surface area contributed by atoms with Crippen molar-refractivity contribution in [2.75, 3.05) is 11.1 Å². The number of halogens is 2. The van der Waals surface area contributed by atoms with Crippen molar-refractivity contribution in [3.05, 3.63) is 53.6 Å². The molecule has 0 fully saturated rings. The molecule has 1 amide bonds. The lowest BCUT2D eigenvalue weighted by Crippen LogP contribution is -2.14. The van der Waals surface area contributed by atoms with E-state index in [0.29, 0.717) is 5.69 Å². The molecule has 0 heterocycles. The summed E-state index contributed by atoms with van der Waals surface area (Å²) in [6, 6.07) is 7.28. The molecule has 2 aromatic carbocycles. The van der Waals surface area contributed by atoms with E-state index in [-0.39, 0.29) is 17.0 Å². The van der Waals surface area contributed by atoms with Gasteiger partial charge in [-0.3, -0.25) is 4.79 Å². The highest BCUT2D eigenvalue weighted by molar-refractivity contribution is 6.07. The average Bonchev–Trinajstić information content (AvgIpc) is 2.33. The van der Waals surface area contributed by atoms with Crippen molar-refractivity contribution in [3.63, 3.8) is 0 Å². The van der Waals surface area contributed by atoms with Gasteiger partial charge in [0.1, 0.15) is 5.75 Å². The fraction of sp³-hybridized carbons (Fsp3) is 0.